The number of aryl methyl sites for hydroxylation is 3. The summed E-state index contributed by atoms with van der Waals surface area (Å²) in [6, 6.07) is 16.8. The van der Waals surface area contributed by atoms with Crippen LogP contribution in [0.1, 0.15) is 88.3 Å². The molecule has 0 aliphatic carbocycles. The minimum absolute atomic E-state index is 0.143. The summed E-state index contributed by atoms with van der Waals surface area (Å²) in [5, 5.41) is 3.93. The Balaban J connectivity index is 1.12. The molecule has 0 bridgehead atoms. The highest BCUT2D eigenvalue weighted by Gasteiger charge is 2.34. The highest BCUT2D eigenvalue weighted by Crippen LogP contribution is 2.42. The number of nitrogens with two attached hydrogens (primary N) is 1. The number of H-pyrrole nitrogens is 1. The Kier molecular flexibility index (Phi) is 9.28. The van der Waals surface area contributed by atoms with E-state index in [0.29, 0.717) is 24.4 Å². The van der Waals surface area contributed by atoms with Gasteiger partial charge in [0.2, 0.25) is 0 Å². The lowest BCUT2D eigenvalue weighted by Crippen LogP contribution is -2.38. The molecular weight excluding hydrogens is 560 g/mol. The molecule has 4 aromatic heterocycles. The Morgan fingerprint density at radius 3 is 2.27 bits per heavy atom. The van der Waals surface area contributed by atoms with Crippen LogP contribution in [0.25, 0.3) is 22.3 Å². The normalized spacial score (nSPS) is 17.1. The highest BCUT2D eigenvalue weighted by molar-refractivity contribution is 6.00. The summed E-state index contributed by atoms with van der Waals surface area (Å²) in [4.78, 5) is 37.5. The van der Waals surface area contributed by atoms with Crippen LogP contribution in [0, 0.1) is 20.8 Å². The van der Waals surface area contributed by atoms with Gasteiger partial charge >= 0.3 is 0 Å². The van der Waals surface area contributed by atoms with E-state index in [2.05, 4.69) is 57.2 Å². The summed E-state index contributed by atoms with van der Waals surface area (Å²) < 4.78 is 0. The zero-order valence-electron chi connectivity index (χ0n) is 26.4. The van der Waals surface area contributed by atoms with Crippen molar-refractivity contribution in [2.75, 3.05) is 13.1 Å². The van der Waals surface area contributed by atoms with E-state index in [4.69, 9.17) is 15.7 Å². The number of carbonyl (C=O) groups is 1. The molecule has 1 saturated heterocycles. The second-order valence-electron chi connectivity index (χ2n) is 12.1. The van der Waals surface area contributed by atoms with Gasteiger partial charge in [-0.25, -0.2) is 9.97 Å². The molecule has 1 aliphatic heterocycles. The van der Waals surface area contributed by atoms with E-state index in [9.17, 15) is 4.79 Å². The first-order chi connectivity index (χ1) is 21.9. The average molecular weight is 603 g/mol. The smallest absolute Gasteiger partial charge is 0.267 e. The van der Waals surface area contributed by atoms with Crippen molar-refractivity contribution in [1.82, 2.24) is 35.1 Å². The van der Waals surface area contributed by atoms with Crippen LogP contribution in [-0.2, 0) is 6.54 Å². The SMILES string of the molecule is Cc1cc(-c2ncnc3[nH]c(C(=O)NCCCCN4C(c5ncccc5C)CCCC4c4ncccc4C)cc23)ccc1CN. The first kappa shape index (κ1) is 30.6. The Hall–Kier alpha value is -4.47. The van der Waals surface area contributed by atoms with Gasteiger partial charge in [-0.05, 0) is 106 Å². The van der Waals surface area contributed by atoms with Crippen LogP contribution < -0.4 is 11.1 Å². The third-order valence-corrected chi connectivity index (χ3v) is 9.12. The van der Waals surface area contributed by atoms with Gasteiger partial charge < -0.3 is 16.0 Å². The van der Waals surface area contributed by atoms with Crippen molar-refractivity contribution in [3.63, 3.8) is 0 Å². The molecule has 4 N–H and O–H groups in total. The number of nitrogens with zero attached hydrogens (tertiary/aromatic N) is 5. The van der Waals surface area contributed by atoms with Crippen molar-refractivity contribution < 1.29 is 4.79 Å². The van der Waals surface area contributed by atoms with Crippen molar-refractivity contribution in [3.05, 3.63) is 107 Å². The number of unbranched alkanes of at least 4 members (excludes halogenated alkanes) is 1. The molecule has 6 rings (SSSR count). The molecular formula is C36H42N8O. The number of carbonyl (C=O) groups excluding carboxylic acids is 1. The molecule has 0 radical (unpaired) electrons. The molecule has 9 nitrogen and oxygen atoms in total. The molecule has 5 heterocycles. The number of aromatic nitrogens is 5. The topological polar surface area (TPSA) is 126 Å². The van der Waals surface area contributed by atoms with Crippen molar-refractivity contribution in [2.24, 2.45) is 5.73 Å². The standard InChI is InChI=1S/C36H42N8O/c1-23-9-7-16-38-32(23)30-11-6-12-31(33-24(2)10-8-17-39-33)44(30)18-5-4-15-40-36(45)29-20-28-34(41-22-42-35(28)43-29)26-13-14-27(21-37)25(3)19-26/h7-10,13-14,16-17,19-20,22,30-31H,4-6,11-12,15,18,21,37H2,1-3H3,(H,40,45)(H,41,42,43). The van der Waals surface area contributed by atoms with Gasteiger partial charge in [-0.3, -0.25) is 19.7 Å². The van der Waals surface area contributed by atoms with Gasteiger partial charge in [0.05, 0.1) is 29.2 Å². The molecule has 2 atom stereocenters. The van der Waals surface area contributed by atoms with Gasteiger partial charge in [-0.1, -0.05) is 24.3 Å². The monoisotopic (exact) mass is 602 g/mol. The van der Waals surface area contributed by atoms with E-state index in [1.807, 2.05) is 49.6 Å². The molecule has 1 aliphatic rings. The third kappa shape index (κ3) is 6.50. The number of fused-ring (bicyclic) bond motifs is 1. The fourth-order valence-electron chi connectivity index (χ4n) is 6.73. The van der Waals surface area contributed by atoms with E-state index in [0.717, 1.165) is 77.8 Å². The van der Waals surface area contributed by atoms with Crippen LogP contribution in [0.4, 0.5) is 0 Å². The van der Waals surface area contributed by atoms with Gasteiger partial charge in [-0.15, -0.1) is 0 Å². The van der Waals surface area contributed by atoms with Crippen molar-refractivity contribution in [3.8, 4) is 11.3 Å². The van der Waals surface area contributed by atoms with Gasteiger partial charge in [0, 0.05) is 36.4 Å². The molecule has 5 aromatic rings. The number of rotatable bonds is 10. The van der Waals surface area contributed by atoms with E-state index in [-0.39, 0.29) is 18.0 Å². The van der Waals surface area contributed by atoms with Crippen LogP contribution in [0.5, 0.6) is 0 Å². The maximum Gasteiger partial charge on any atom is 0.267 e. The molecule has 9 heteroatoms. The third-order valence-electron chi connectivity index (χ3n) is 9.12. The zero-order valence-corrected chi connectivity index (χ0v) is 26.4. The predicted molar refractivity (Wildman–Crippen MR) is 178 cm³/mol. The second-order valence-corrected chi connectivity index (χ2v) is 12.1. The molecule has 45 heavy (non-hydrogen) atoms. The average Bonchev–Trinajstić information content (AvgIpc) is 3.50. The summed E-state index contributed by atoms with van der Waals surface area (Å²) in [5.74, 6) is -0.143. The van der Waals surface area contributed by atoms with E-state index in [1.165, 1.54) is 17.5 Å². The number of amides is 1. The Labute approximate surface area is 264 Å². The number of aromatic amines is 1. The predicted octanol–water partition coefficient (Wildman–Crippen LogP) is 6.28. The summed E-state index contributed by atoms with van der Waals surface area (Å²) >= 11 is 0. The molecule has 0 saturated carbocycles. The Morgan fingerprint density at radius 1 is 0.911 bits per heavy atom. The quantitative estimate of drug-likeness (QED) is 0.161. The largest absolute Gasteiger partial charge is 0.351 e. The second kappa shape index (κ2) is 13.7. The lowest BCUT2D eigenvalue weighted by atomic mass is 9.88. The Bertz CT molecular complexity index is 1740. The lowest BCUT2D eigenvalue weighted by Gasteiger charge is -2.42. The number of hydrogen-bond acceptors (Lipinski definition) is 7. The number of pyridine rings is 2. The van der Waals surface area contributed by atoms with Crippen LogP contribution >= 0.6 is 0 Å². The van der Waals surface area contributed by atoms with E-state index < -0.39 is 0 Å². The number of piperidine rings is 1. The Morgan fingerprint density at radius 2 is 1.62 bits per heavy atom. The summed E-state index contributed by atoms with van der Waals surface area (Å²) in [6.45, 7) is 8.34. The van der Waals surface area contributed by atoms with Crippen LogP contribution in [0.15, 0.2) is 67.3 Å². The van der Waals surface area contributed by atoms with Crippen molar-refractivity contribution >= 4 is 16.9 Å². The number of benzene rings is 1. The molecule has 1 fully saturated rings. The van der Waals surface area contributed by atoms with Crippen molar-refractivity contribution in [1.29, 1.82) is 0 Å². The van der Waals surface area contributed by atoms with Gasteiger partial charge in [0.15, 0.2) is 0 Å². The molecule has 232 valence electrons. The van der Waals surface area contributed by atoms with Crippen LogP contribution in [-0.4, -0.2) is 48.8 Å². The number of likely N-dealkylation sites (tertiary alicyclic amines) is 1. The molecule has 1 amide bonds. The van der Waals surface area contributed by atoms with Gasteiger partial charge in [0.25, 0.3) is 5.91 Å². The van der Waals surface area contributed by atoms with Crippen LogP contribution in [0.2, 0.25) is 0 Å². The van der Waals surface area contributed by atoms with E-state index in [1.54, 1.807) is 0 Å². The van der Waals surface area contributed by atoms with Crippen LogP contribution in [0.3, 0.4) is 0 Å². The highest BCUT2D eigenvalue weighted by atomic mass is 16.1. The van der Waals surface area contributed by atoms with Gasteiger partial charge in [-0.2, -0.15) is 0 Å². The summed E-state index contributed by atoms with van der Waals surface area (Å²) in [7, 11) is 0. The minimum atomic E-state index is -0.143. The molecule has 0 spiro atoms. The zero-order chi connectivity index (χ0) is 31.3. The number of nitrogens with one attached hydrogen (secondary N) is 2. The molecule has 1 aromatic carbocycles. The molecule has 2 unspecified atom stereocenters. The first-order valence-corrected chi connectivity index (χ1v) is 15.9. The lowest BCUT2D eigenvalue weighted by molar-refractivity contribution is 0.0740. The maximum atomic E-state index is 13.2. The minimum Gasteiger partial charge on any atom is -0.351 e. The van der Waals surface area contributed by atoms with E-state index >= 15 is 0 Å². The first-order valence-electron chi connectivity index (χ1n) is 15.9. The van der Waals surface area contributed by atoms with Crippen molar-refractivity contribution in [2.45, 2.75) is 71.5 Å². The summed E-state index contributed by atoms with van der Waals surface area (Å²) in [6.07, 6.45) is 10.5. The fourth-order valence-corrected chi connectivity index (χ4v) is 6.73. The summed E-state index contributed by atoms with van der Waals surface area (Å²) in [5.41, 5.74) is 15.7. The van der Waals surface area contributed by atoms with Gasteiger partial charge in [0.1, 0.15) is 17.7 Å². The fraction of sp³-hybridized carbons (Fsp3) is 0.361. The number of hydrogen-bond donors (Lipinski definition) is 3. The maximum absolute atomic E-state index is 13.2.